The highest BCUT2D eigenvalue weighted by atomic mass is 16.5. The summed E-state index contributed by atoms with van der Waals surface area (Å²) in [6, 6.07) is 1.81. The van der Waals surface area contributed by atoms with Crippen LogP contribution in [-0.2, 0) is 9.53 Å². The van der Waals surface area contributed by atoms with Crippen molar-refractivity contribution in [1.82, 2.24) is 9.97 Å². The predicted octanol–water partition coefficient (Wildman–Crippen LogP) is 1.18. The maximum Gasteiger partial charge on any atom is 0.310 e. The van der Waals surface area contributed by atoms with Crippen LogP contribution < -0.4 is 9.64 Å². The van der Waals surface area contributed by atoms with Crippen LogP contribution in [0, 0.1) is 12.8 Å². The van der Waals surface area contributed by atoms with E-state index in [9.17, 15) is 4.79 Å². The zero-order valence-corrected chi connectivity index (χ0v) is 11.5. The van der Waals surface area contributed by atoms with Gasteiger partial charge in [-0.3, -0.25) is 4.79 Å². The molecule has 6 nitrogen and oxygen atoms in total. The lowest BCUT2D eigenvalue weighted by Crippen LogP contribution is -2.25. The van der Waals surface area contributed by atoms with Gasteiger partial charge in [-0.25, -0.2) is 4.98 Å². The largest absolute Gasteiger partial charge is 0.478 e. The second kappa shape index (κ2) is 5.86. The maximum absolute atomic E-state index is 11.5. The van der Waals surface area contributed by atoms with Gasteiger partial charge in [-0.2, -0.15) is 4.98 Å². The van der Waals surface area contributed by atoms with E-state index in [1.165, 1.54) is 7.11 Å². The van der Waals surface area contributed by atoms with Crippen molar-refractivity contribution in [3.8, 4) is 5.88 Å². The molecule has 2 heterocycles. The predicted molar refractivity (Wildman–Crippen MR) is 70.3 cm³/mol. The van der Waals surface area contributed by atoms with Crippen molar-refractivity contribution >= 4 is 11.9 Å². The molecule has 2 rings (SSSR count). The first-order valence-corrected chi connectivity index (χ1v) is 6.45. The molecule has 0 aromatic carbocycles. The Balaban J connectivity index is 2.12. The van der Waals surface area contributed by atoms with Crippen molar-refractivity contribution in [3.05, 3.63) is 11.8 Å². The Hall–Kier alpha value is -1.85. The molecule has 1 atom stereocenters. The Kier molecular flexibility index (Phi) is 4.19. The number of methoxy groups -OCH3 is 1. The molecule has 1 saturated heterocycles. The molecule has 104 valence electrons. The lowest BCUT2D eigenvalue weighted by Gasteiger charge is -2.17. The molecular formula is C13H19N3O3. The summed E-state index contributed by atoms with van der Waals surface area (Å²) in [5, 5.41) is 0. The van der Waals surface area contributed by atoms with Gasteiger partial charge >= 0.3 is 5.97 Å². The van der Waals surface area contributed by atoms with E-state index >= 15 is 0 Å². The molecule has 1 aliphatic rings. The first kappa shape index (κ1) is 13.6. The van der Waals surface area contributed by atoms with E-state index in [1.54, 1.807) is 6.07 Å². The summed E-state index contributed by atoms with van der Waals surface area (Å²) in [6.07, 6.45) is 0.772. The normalized spacial score (nSPS) is 18.5. The minimum absolute atomic E-state index is 0.0929. The van der Waals surface area contributed by atoms with Gasteiger partial charge in [-0.05, 0) is 20.3 Å². The first-order valence-electron chi connectivity index (χ1n) is 6.45. The fourth-order valence-electron chi connectivity index (χ4n) is 2.19. The minimum atomic E-state index is -0.166. The molecule has 1 aromatic rings. The van der Waals surface area contributed by atoms with Crippen LogP contribution in [0.25, 0.3) is 0 Å². The topological polar surface area (TPSA) is 64.5 Å². The molecule has 1 unspecified atom stereocenters. The summed E-state index contributed by atoms with van der Waals surface area (Å²) in [4.78, 5) is 22.3. The average molecular weight is 265 g/mol. The zero-order valence-electron chi connectivity index (χ0n) is 11.5. The molecule has 1 fully saturated rings. The third-order valence-corrected chi connectivity index (χ3v) is 3.12. The average Bonchev–Trinajstić information content (AvgIpc) is 2.87. The summed E-state index contributed by atoms with van der Waals surface area (Å²) in [5.41, 5.74) is 0.856. The van der Waals surface area contributed by atoms with E-state index in [0.717, 1.165) is 18.7 Å². The number of hydrogen-bond acceptors (Lipinski definition) is 6. The Labute approximate surface area is 112 Å². The summed E-state index contributed by atoms with van der Waals surface area (Å²) in [7, 11) is 1.42. The van der Waals surface area contributed by atoms with E-state index in [1.807, 2.05) is 18.7 Å². The maximum atomic E-state index is 11.5. The third-order valence-electron chi connectivity index (χ3n) is 3.12. The summed E-state index contributed by atoms with van der Waals surface area (Å²) in [6.45, 7) is 5.75. The molecule has 1 aromatic heterocycles. The smallest absolute Gasteiger partial charge is 0.310 e. The van der Waals surface area contributed by atoms with Gasteiger partial charge in [0.05, 0.1) is 19.6 Å². The Morgan fingerprint density at radius 1 is 1.53 bits per heavy atom. The SMILES string of the molecule is CCOc1cc(C)nc(N2CCC(C(=O)OC)C2)n1. The lowest BCUT2D eigenvalue weighted by molar-refractivity contribution is -0.144. The van der Waals surface area contributed by atoms with Gasteiger partial charge in [0.15, 0.2) is 0 Å². The monoisotopic (exact) mass is 265 g/mol. The summed E-state index contributed by atoms with van der Waals surface area (Å²) < 4.78 is 10.2. The van der Waals surface area contributed by atoms with Crippen LogP contribution in [0.15, 0.2) is 6.07 Å². The first-order chi connectivity index (χ1) is 9.13. The molecule has 6 heteroatoms. The van der Waals surface area contributed by atoms with Gasteiger partial charge in [-0.15, -0.1) is 0 Å². The van der Waals surface area contributed by atoms with Crippen LogP contribution in [0.4, 0.5) is 5.95 Å². The van der Waals surface area contributed by atoms with E-state index in [2.05, 4.69) is 9.97 Å². The van der Waals surface area contributed by atoms with Gasteiger partial charge in [-0.1, -0.05) is 0 Å². The molecule has 1 aliphatic heterocycles. The highest BCUT2D eigenvalue weighted by Gasteiger charge is 2.30. The van der Waals surface area contributed by atoms with Gasteiger partial charge < -0.3 is 14.4 Å². The third kappa shape index (κ3) is 3.13. The zero-order chi connectivity index (χ0) is 13.8. The Morgan fingerprint density at radius 2 is 2.32 bits per heavy atom. The molecule has 0 saturated carbocycles. The number of hydrogen-bond donors (Lipinski definition) is 0. The number of aryl methyl sites for hydroxylation is 1. The van der Waals surface area contributed by atoms with Crippen molar-refractivity contribution in [1.29, 1.82) is 0 Å². The quantitative estimate of drug-likeness (QED) is 0.762. The molecule has 0 aliphatic carbocycles. The standard InChI is InChI=1S/C13H19N3O3/c1-4-19-11-7-9(2)14-13(15-11)16-6-5-10(8-16)12(17)18-3/h7,10H,4-6,8H2,1-3H3. The van der Waals surface area contributed by atoms with Crippen molar-refractivity contribution < 1.29 is 14.3 Å². The van der Waals surface area contributed by atoms with Crippen molar-refractivity contribution in [2.75, 3.05) is 31.7 Å². The van der Waals surface area contributed by atoms with E-state index in [4.69, 9.17) is 9.47 Å². The van der Waals surface area contributed by atoms with Gasteiger partial charge in [0.1, 0.15) is 0 Å². The number of esters is 1. The van der Waals surface area contributed by atoms with E-state index in [-0.39, 0.29) is 11.9 Å². The molecular weight excluding hydrogens is 246 g/mol. The van der Waals surface area contributed by atoms with Crippen LogP contribution in [0.2, 0.25) is 0 Å². The summed E-state index contributed by atoms with van der Waals surface area (Å²) >= 11 is 0. The second-order valence-electron chi connectivity index (χ2n) is 4.54. The second-order valence-corrected chi connectivity index (χ2v) is 4.54. The van der Waals surface area contributed by atoms with Crippen LogP contribution in [0.1, 0.15) is 19.0 Å². The fourth-order valence-corrected chi connectivity index (χ4v) is 2.19. The molecule has 19 heavy (non-hydrogen) atoms. The molecule has 0 spiro atoms. The highest BCUT2D eigenvalue weighted by Crippen LogP contribution is 2.23. The molecule has 0 radical (unpaired) electrons. The van der Waals surface area contributed by atoms with Crippen molar-refractivity contribution in [3.63, 3.8) is 0 Å². The van der Waals surface area contributed by atoms with Crippen LogP contribution in [-0.4, -0.2) is 42.7 Å². The van der Waals surface area contributed by atoms with Gasteiger partial charge in [0.25, 0.3) is 0 Å². The van der Waals surface area contributed by atoms with Crippen molar-refractivity contribution in [2.24, 2.45) is 5.92 Å². The highest BCUT2D eigenvalue weighted by molar-refractivity contribution is 5.73. The number of rotatable bonds is 4. The van der Waals surface area contributed by atoms with Gasteiger partial charge in [0.2, 0.25) is 11.8 Å². The van der Waals surface area contributed by atoms with Crippen LogP contribution >= 0.6 is 0 Å². The number of carbonyl (C=O) groups excluding carboxylic acids is 1. The molecule has 0 bridgehead atoms. The van der Waals surface area contributed by atoms with E-state index in [0.29, 0.717) is 25.0 Å². The lowest BCUT2D eigenvalue weighted by atomic mass is 10.1. The molecule has 0 N–H and O–H groups in total. The number of anilines is 1. The number of carbonyl (C=O) groups is 1. The Morgan fingerprint density at radius 3 is 3.00 bits per heavy atom. The number of nitrogens with zero attached hydrogens (tertiary/aromatic N) is 3. The van der Waals surface area contributed by atoms with Crippen LogP contribution in [0.3, 0.4) is 0 Å². The summed E-state index contributed by atoms with van der Waals surface area (Å²) in [5.74, 6) is 0.936. The van der Waals surface area contributed by atoms with Crippen LogP contribution in [0.5, 0.6) is 5.88 Å². The fraction of sp³-hybridized carbons (Fsp3) is 0.615. The van der Waals surface area contributed by atoms with Gasteiger partial charge in [0, 0.05) is 24.8 Å². The number of aromatic nitrogens is 2. The van der Waals surface area contributed by atoms with Crippen molar-refractivity contribution in [2.45, 2.75) is 20.3 Å². The Bertz CT molecular complexity index is 464. The van der Waals surface area contributed by atoms with E-state index < -0.39 is 0 Å². The number of ether oxygens (including phenoxy) is 2. The molecule has 0 amide bonds. The minimum Gasteiger partial charge on any atom is -0.478 e.